The van der Waals surface area contributed by atoms with E-state index < -0.39 is 20.0 Å². The second-order valence-corrected chi connectivity index (χ2v) is 10.9. The second kappa shape index (κ2) is 8.32. The Balaban J connectivity index is 1.78. The SMILES string of the molecule is C[C@H]1CCC[C@H](C)N1S(=O)(=O)c1ccc(S(=O)(=O)NCc2ccccc2)cc1. The van der Waals surface area contributed by atoms with Crippen LogP contribution < -0.4 is 4.72 Å². The van der Waals surface area contributed by atoms with Gasteiger partial charge in [-0.25, -0.2) is 21.6 Å². The van der Waals surface area contributed by atoms with Crippen LogP contribution in [-0.4, -0.2) is 33.2 Å². The van der Waals surface area contributed by atoms with Crippen molar-refractivity contribution in [3.05, 3.63) is 60.2 Å². The molecule has 2 atom stereocenters. The molecule has 152 valence electrons. The van der Waals surface area contributed by atoms with Crippen LogP contribution in [0.1, 0.15) is 38.7 Å². The van der Waals surface area contributed by atoms with Gasteiger partial charge in [0.25, 0.3) is 0 Å². The lowest BCUT2D eigenvalue weighted by atomic mass is 10.0. The van der Waals surface area contributed by atoms with Crippen LogP contribution in [-0.2, 0) is 26.6 Å². The first-order valence-corrected chi connectivity index (χ1v) is 12.3. The Morgan fingerprint density at radius 2 is 1.39 bits per heavy atom. The quantitative estimate of drug-likeness (QED) is 0.775. The summed E-state index contributed by atoms with van der Waals surface area (Å²) in [6, 6.07) is 14.5. The van der Waals surface area contributed by atoms with Crippen molar-refractivity contribution in [3.63, 3.8) is 0 Å². The zero-order valence-electron chi connectivity index (χ0n) is 16.1. The monoisotopic (exact) mass is 422 g/mol. The van der Waals surface area contributed by atoms with Crippen LogP contribution in [0, 0.1) is 0 Å². The summed E-state index contributed by atoms with van der Waals surface area (Å²) in [6.07, 6.45) is 2.68. The van der Waals surface area contributed by atoms with E-state index in [9.17, 15) is 16.8 Å². The maximum atomic E-state index is 13.0. The standard InChI is InChI=1S/C20H26N2O4S2/c1-16-7-6-8-17(2)22(16)28(25,26)20-13-11-19(12-14-20)27(23,24)21-15-18-9-4-3-5-10-18/h3-5,9-14,16-17,21H,6-8,15H2,1-2H3/t16-,17-/m0/s1. The predicted molar refractivity (Wildman–Crippen MR) is 109 cm³/mol. The Hall–Kier alpha value is -1.74. The molecule has 6 nitrogen and oxygen atoms in total. The lowest BCUT2D eigenvalue weighted by Gasteiger charge is -2.37. The summed E-state index contributed by atoms with van der Waals surface area (Å²) in [4.78, 5) is 0.164. The van der Waals surface area contributed by atoms with Gasteiger partial charge in [-0.05, 0) is 56.5 Å². The van der Waals surface area contributed by atoms with Gasteiger partial charge in [0.2, 0.25) is 20.0 Å². The van der Waals surface area contributed by atoms with Crippen molar-refractivity contribution in [1.82, 2.24) is 9.03 Å². The molecule has 0 radical (unpaired) electrons. The van der Waals surface area contributed by atoms with E-state index in [1.54, 1.807) is 4.31 Å². The molecule has 28 heavy (non-hydrogen) atoms. The minimum absolute atomic E-state index is 0.0436. The van der Waals surface area contributed by atoms with E-state index in [2.05, 4.69) is 4.72 Å². The second-order valence-electron chi connectivity index (χ2n) is 7.25. The summed E-state index contributed by atoms with van der Waals surface area (Å²) in [6.45, 7) is 4.01. The van der Waals surface area contributed by atoms with Gasteiger partial charge >= 0.3 is 0 Å². The molecule has 8 heteroatoms. The van der Waals surface area contributed by atoms with Gasteiger partial charge in [-0.15, -0.1) is 0 Å². The van der Waals surface area contributed by atoms with Crippen LogP contribution in [0.15, 0.2) is 64.4 Å². The number of hydrogen-bond acceptors (Lipinski definition) is 4. The van der Waals surface area contributed by atoms with E-state index in [0.29, 0.717) is 0 Å². The highest BCUT2D eigenvalue weighted by Gasteiger charge is 2.35. The van der Waals surface area contributed by atoms with E-state index in [4.69, 9.17) is 0 Å². The zero-order chi connectivity index (χ0) is 20.4. The third-order valence-corrected chi connectivity index (χ3v) is 8.69. The van der Waals surface area contributed by atoms with Gasteiger partial charge in [-0.3, -0.25) is 0 Å². The molecule has 1 fully saturated rings. The first-order chi connectivity index (χ1) is 13.2. The summed E-state index contributed by atoms with van der Waals surface area (Å²) in [5.41, 5.74) is 0.846. The van der Waals surface area contributed by atoms with Gasteiger partial charge in [0, 0.05) is 18.6 Å². The molecule has 1 aliphatic heterocycles. The summed E-state index contributed by atoms with van der Waals surface area (Å²) in [5, 5.41) is 0. The smallest absolute Gasteiger partial charge is 0.207 e. The fraction of sp³-hybridized carbons (Fsp3) is 0.400. The van der Waals surface area contributed by atoms with Crippen molar-refractivity contribution in [1.29, 1.82) is 0 Å². The largest absolute Gasteiger partial charge is 0.243 e. The van der Waals surface area contributed by atoms with Crippen molar-refractivity contribution in [2.75, 3.05) is 0 Å². The number of nitrogens with one attached hydrogen (secondary N) is 1. The Morgan fingerprint density at radius 3 is 1.96 bits per heavy atom. The van der Waals surface area contributed by atoms with Crippen LogP contribution in [0.2, 0.25) is 0 Å². The topological polar surface area (TPSA) is 83.6 Å². The molecule has 0 aliphatic carbocycles. The van der Waals surface area contributed by atoms with Gasteiger partial charge in [0.05, 0.1) is 9.79 Å². The van der Waals surface area contributed by atoms with Gasteiger partial charge in [0.15, 0.2) is 0 Å². The van der Waals surface area contributed by atoms with Crippen LogP contribution in [0.3, 0.4) is 0 Å². The molecule has 1 heterocycles. The van der Waals surface area contributed by atoms with E-state index >= 15 is 0 Å². The molecular formula is C20H26N2O4S2. The lowest BCUT2D eigenvalue weighted by molar-refractivity contribution is 0.204. The highest BCUT2D eigenvalue weighted by Crippen LogP contribution is 2.29. The van der Waals surface area contributed by atoms with Gasteiger partial charge in [-0.2, -0.15) is 4.31 Å². The van der Waals surface area contributed by atoms with Crippen LogP contribution >= 0.6 is 0 Å². The van der Waals surface area contributed by atoms with Crippen LogP contribution in [0.25, 0.3) is 0 Å². The highest BCUT2D eigenvalue weighted by atomic mass is 32.2. The van der Waals surface area contributed by atoms with Crippen molar-refractivity contribution >= 4 is 20.0 Å². The number of benzene rings is 2. The molecule has 3 rings (SSSR count). The Morgan fingerprint density at radius 1 is 0.857 bits per heavy atom. The first kappa shape index (κ1) is 21.0. The molecular weight excluding hydrogens is 396 g/mol. The summed E-state index contributed by atoms with van der Waals surface area (Å²) in [5.74, 6) is 0. The maximum absolute atomic E-state index is 13.0. The number of sulfonamides is 2. The third kappa shape index (κ3) is 4.46. The Labute approximate surface area is 167 Å². The molecule has 0 bridgehead atoms. The normalized spacial score (nSPS) is 21.5. The average molecular weight is 423 g/mol. The van der Waals surface area contributed by atoms with E-state index in [1.807, 2.05) is 44.2 Å². The zero-order valence-corrected chi connectivity index (χ0v) is 17.7. The summed E-state index contributed by atoms with van der Waals surface area (Å²) in [7, 11) is -7.39. The molecule has 1 saturated heterocycles. The van der Waals surface area contributed by atoms with E-state index in [-0.39, 0.29) is 28.4 Å². The van der Waals surface area contributed by atoms with Gasteiger partial charge in [-0.1, -0.05) is 36.8 Å². The minimum atomic E-state index is -3.73. The minimum Gasteiger partial charge on any atom is -0.207 e. The molecule has 0 amide bonds. The highest BCUT2D eigenvalue weighted by molar-refractivity contribution is 7.89. The molecule has 1 N–H and O–H groups in total. The van der Waals surface area contributed by atoms with E-state index in [0.717, 1.165) is 24.8 Å². The van der Waals surface area contributed by atoms with Gasteiger partial charge < -0.3 is 0 Å². The van der Waals surface area contributed by atoms with Crippen molar-refractivity contribution in [3.8, 4) is 0 Å². The van der Waals surface area contributed by atoms with Gasteiger partial charge in [0.1, 0.15) is 0 Å². The van der Waals surface area contributed by atoms with Crippen molar-refractivity contribution in [2.24, 2.45) is 0 Å². The fourth-order valence-corrected chi connectivity index (χ4v) is 6.54. The van der Waals surface area contributed by atoms with Crippen molar-refractivity contribution in [2.45, 2.75) is 61.5 Å². The number of hydrogen-bond donors (Lipinski definition) is 1. The third-order valence-electron chi connectivity index (χ3n) is 5.13. The molecule has 0 aromatic heterocycles. The van der Waals surface area contributed by atoms with E-state index in [1.165, 1.54) is 24.3 Å². The summed E-state index contributed by atoms with van der Waals surface area (Å²) >= 11 is 0. The molecule has 0 spiro atoms. The lowest BCUT2D eigenvalue weighted by Crippen LogP contribution is -2.47. The number of piperidine rings is 1. The summed E-state index contributed by atoms with van der Waals surface area (Å²) < 4.78 is 55.2. The number of nitrogens with zero attached hydrogens (tertiary/aromatic N) is 1. The predicted octanol–water partition coefficient (Wildman–Crippen LogP) is 3.12. The Bertz CT molecular complexity index is 994. The first-order valence-electron chi connectivity index (χ1n) is 9.39. The van der Waals surface area contributed by atoms with Crippen LogP contribution in [0.5, 0.6) is 0 Å². The molecule has 2 aromatic carbocycles. The maximum Gasteiger partial charge on any atom is 0.243 e. The molecule has 1 aliphatic rings. The number of rotatable bonds is 6. The Kier molecular flexibility index (Phi) is 6.24. The fourth-order valence-electron chi connectivity index (χ4n) is 3.64. The molecule has 0 unspecified atom stereocenters. The molecule has 2 aromatic rings. The van der Waals surface area contributed by atoms with Crippen LogP contribution in [0.4, 0.5) is 0 Å². The molecule has 0 saturated carbocycles. The van der Waals surface area contributed by atoms with Crippen molar-refractivity contribution < 1.29 is 16.8 Å². The average Bonchev–Trinajstić information content (AvgIpc) is 2.67.